The van der Waals surface area contributed by atoms with Crippen molar-refractivity contribution in [2.75, 3.05) is 7.11 Å². The highest BCUT2D eigenvalue weighted by Crippen LogP contribution is 2.42. The van der Waals surface area contributed by atoms with Crippen molar-refractivity contribution >= 4 is 15.9 Å². The lowest BCUT2D eigenvalue weighted by Gasteiger charge is -2.38. The monoisotopic (exact) mass is 352 g/mol. The van der Waals surface area contributed by atoms with Crippen LogP contribution in [0.25, 0.3) is 0 Å². The number of hydrogen-bond acceptors (Lipinski definition) is 1. The predicted octanol–water partition coefficient (Wildman–Crippen LogP) is 5.85. The Morgan fingerprint density at radius 3 is 2.33 bits per heavy atom. The van der Waals surface area contributed by atoms with Gasteiger partial charge in [-0.3, -0.25) is 0 Å². The zero-order valence-corrected chi connectivity index (χ0v) is 15.4. The second-order valence-corrected chi connectivity index (χ2v) is 8.69. The molecule has 0 aromatic heterocycles. The van der Waals surface area contributed by atoms with Crippen LogP contribution in [0, 0.1) is 17.3 Å². The molecule has 0 saturated heterocycles. The van der Waals surface area contributed by atoms with Gasteiger partial charge in [-0.1, -0.05) is 54.9 Å². The molecule has 0 spiro atoms. The molecule has 1 saturated carbocycles. The van der Waals surface area contributed by atoms with Crippen molar-refractivity contribution in [3.63, 3.8) is 0 Å². The van der Waals surface area contributed by atoms with E-state index in [0.717, 1.165) is 24.0 Å². The molecule has 0 N–H and O–H groups in total. The Balaban J connectivity index is 1.92. The van der Waals surface area contributed by atoms with E-state index in [1.165, 1.54) is 31.2 Å². The summed E-state index contributed by atoms with van der Waals surface area (Å²) in [6, 6.07) is 8.40. The third kappa shape index (κ3) is 4.48. The summed E-state index contributed by atoms with van der Waals surface area (Å²) in [4.78, 5) is 0.565. The molecule has 2 rings (SSSR count). The van der Waals surface area contributed by atoms with Crippen LogP contribution in [-0.2, 0) is 6.42 Å². The Labute approximate surface area is 138 Å². The van der Waals surface area contributed by atoms with Crippen molar-refractivity contribution in [3.8, 4) is 5.75 Å². The minimum Gasteiger partial charge on any atom is -0.496 e. The van der Waals surface area contributed by atoms with Crippen LogP contribution >= 0.6 is 15.9 Å². The first-order valence-electron chi connectivity index (χ1n) is 8.17. The molecule has 2 heteroatoms. The molecule has 1 nitrogen and oxygen atoms in total. The van der Waals surface area contributed by atoms with E-state index in [4.69, 9.17) is 4.74 Å². The number of ether oxygens (including phenoxy) is 1. The smallest absolute Gasteiger partial charge is 0.122 e. The van der Waals surface area contributed by atoms with Crippen molar-refractivity contribution < 1.29 is 4.74 Å². The van der Waals surface area contributed by atoms with Crippen molar-refractivity contribution in [2.45, 2.75) is 57.7 Å². The van der Waals surface area contributed by atoms with Crippen LogP contribution in [0.2, 0.25) is 0 Å². The first kappa shape index (κ1) is 16.9. The highest BCUT2D eigenvalue weighted by molar-refractivity contribution is 9.09. The van der Waals surface area contributed by atoms with Crippen LogP contribution < -0.4 is 4.74 Å². The van der Waals surface area contributed by atoms with Crippen LogP contribution in [0.3, 0.4) is 0 Å². The highest BCUT2D eigenvalue weighted by Gasteiger charge is 2.32. The zero-order valence-electron chi connectivity index (χ0n) is 13.9. The summed E-state index contributed by atoms with van der Waals surface area (Å²) in [6.07, 6.45) is 6.53. The lowest BCUT2D eigenvalue weighted by molar-refractivity contribution is 0.149. The van der Waals surface area contributed by atoms with Gasteiger partial charge in [-0.2, -0.15) is 0 Å². The molecule has 1 aliphatic carbocycles. The Kier molecular flexibility index (Phi) is 5.76. The number of rotatable bonds is 4. The zero-order chi connectivity index (χ0) is 15.5. The minimum atomic E-state index is 0.468. The third-order valence-electron chi connectivity index (χ3n) is 5.12. The van der Waals surface area contributed by atoms with Crippen LogP contribution in [0.1, 0.15) is 52.0 Å². The molecule has 0 heterocycles. The van der Waals surface area contributed by atoms with Gasteiger partial charge in [0.1, 0.15) is 5.75 Å². The fraction of sp³-hybridized carbons (Fsp3) is 0.684. The van der Waals surface area contributed by atoms with Crippen LogP contribution in [0.5, 0.6) is 5.75 Å². The van der Waals surface area contributed by atoms with E-state index in [9.17, 15) is 0 Å². The van der Waals surface area contributed by atoms with Gasteiger partial charge in [0.2, 0.25) is 0 Å². The van der Waals surface area contributed by atoms with E-state index in [2.05, 4.69) is 54.9 Å². The summed E-state index contributed by atoms with van der Waals surface area (Å²) in [5, 5.41) is 0. The summed E-state index contributed by atoms with van der Waals surface area (Å²) in [5.74, 6) is 2.71. The molecule has 1 aliphatic rings. The molecule has 1 fully saturated rings. The van der Waals surface area contributed by atoms with Crippen LogP contribution in [0.4, 0.5) is 0 Å². The van der Waals surface area contributed by atoms with Crippen molar-refractivity contribution in [1.29, 1.82) is 0 Å². The number of halogens is 1. The molecule has 1 unspecified atom stereocenters. The van der Waals surface area contributed by atoms with Gasteiger partial charge in [0.25, 0.3) is 0 Å². The van der Waals surface area contributed by atoms with Crippen molar-refractivity contribution in [1.82, 2.24) is 0 Å². The Hall–Kier alpha value is -0.500. The summed E-state index contributed by atoms with van der Waals surface area (Å²) < 4.78 is 5.47. The maximum absolute atomic E-state index is 5.47. The van der Waals surface area contributed by atoms with Crippen LogP contribution in [0.15, 0.2) is 24.3 Å². The van der Waals surface area contributed by atoms with E-state index >= 15 is 0 Å². The van der Waals surface area contributed by atoms with E-state index in [0.29, 0.717) is 10.2 Å². The average Bonchev–Trinajstić information content (AvgIpc) is 2.47. The van der Waals surface area contributed by atoms with Gasteiger partial charge in [0.05, 0.1) is 7.11 Å². The summed E-state index contributed by atoms with van der Waals surface area (Å²) in [5.41, 5.74) is 1.79. The second-order valence-electron chi connectivity index (χ2n) is 7.51. The number of hydrogen-bond donors (Lipinski definition) is 0. The number of methoxy groups -OCH3 is 1. The van der Waals surface area contributed by atoms with Gasteiger partial charge in [-0.05, 0) is 61.0 Å². The summed E-state index contributed by atoms with van der Waals surface area (Å²) in [6.45, 7) is 7.16. The van der Waals surface area contributed by atoms with E-state index in [1.54, 1.807) is 7.11 Å². The van der Waals surface area contributed by atoms with Gasteiger partial charge in [-0.25, -0.2) is 0 Å². The number of para-hydroxylation sites is 1. The molecule has 118 valence electrons. The Bertz CT molecular complexity index is 441. The first-order chi connectivity index (χ1) is 9.91. The highest BCUT2D eigenvalue weighted by atomic mass is 79.9. The lowest BCUT2D eigenvalue weighted by atomic mass is 9.69. The van der Waals surface area contributed by atoms with Crippen molar-refractivity contribution in [3.05, 3.63) is 29.8 Å². The lowest BCUT2D eigenvalue weighted by Crippen LogP contribution is -2.29. The minimum absolute atomic E-state index is 0.468. The molecule has 1 aromatic rings. The third-order valence-corrected chi connectivity index (χ3v) is 6.19. The SMILES string of the molecule is COc1ccccc1CC(Br)C1CCC(C(C)(C)C)CC1. The normalized spacial score (nSPS) is 24.6. The summed E-state index contributed by atoms with van der Waals surface area (Å²) >= 11 is 3.95. The maximum Gasteiger partial charge on any atom is 0.122 e. The number of benzene rings is 1. The Morgan fingerprint density at radius 2 is 1.76 bits per heavy atom. The predicted molar refractivity (Wildman–Crippen MR) is 94.3 cm³/mol. The standard InChI is InChI=1S/C19H29BrO/c1-19(2,3)16-11-9-14(10-12-16)17(20)13-15-7-5-6-8-18(15)21-4/h5-8,14,16-17H,9-13H2,1-4H3. The van der Waals surface area contributed by atoms with Crippen LogP contribution in [-0.4, -0.2) is 11.9 Å². The molecular weight excluding hydrogens is 324 g/mol. The van der Waals surface area contributed by atoms with Gasteiger partial charge in [-0.15, -0.1) is 0 Å². The first-order valence-corrected chi connectivity index (χ1v) is 9.09. The molecule has 0 amide bonds. The van der Waals surface area contributed by atoms with Crippen molar-refractivity contribution in [2.24, 2.45) is 17.3 Å². The molecule has 21 heavy (non-hydrogen) atoms. The molecule has 0 radical (unpaired) electrons. The topological polar surface area (TPSA) is 9.23 Å². The molecule has 1 atom stereocenters. The maximum atomic E-state index is 5.47. The fourth-order valence-corrected chi connectivity index (χ4v) is 4.47. The van der Waals surface area contributed by atoms with Gasteiger partial charge < -0.3 is 4.74 Å². The van der Waals surface area contributed by atoms with Gasteiger partial charge in [0.15, 0.2) is 0 Å². The molecule has 0 aliphatic heterocycles. The van der Waals surface area contributed by atoms with E-state index in [-0.39, 0.29) is 0 Å². The van der Waals surface area contributed by atoms with Gasteiger partial charge >= 0.3 is 0 Å². The quantitative estimate of drug-likeness (QED) is 0.617. The molecule has 0 bridgehead atoms. The average molecular weight is 353 g/mol. The molecular formula is C19H29BrO. The number of alkyl halides is 1. The van der Waals surface area contributed by atoms with E-state index in [1.807, 2.05) is 6.07 Å². The fourth-order valence-electron chi connectivity index (χ4n) is 3.60. The Morgan fingerprint density at radius 1 is 1.14 bits per heavy atom. The molecule has 1 aromatic carbocycles. The van der Waals surface area contributed by atoms with E-state index < -0.39 is 0 Å². The summed E-state index contributed by atoms with van der Waals surface area (Å²) in [7, 11) is 1.76. The second kappa shape index (κ2) is 7.17. The largest absolute Gasteiger partial charge is 0.496 e. The van der Waals surface area contributed by atoms with Gasteiger partial charge in [0, 0.05) is 4.83 Å².